The monoisotopic (exact) mass is 336 g/mol. The molecule has 0 heterocycles. The van der Waals surface area contributed by atoms with Gasteiger partial charge in [0, 0.05) is 17.2 Å². The number of aliphatic hydroxyl groups excluding tert-OH is 1. The molecule has 0 aliphatic heterocycles. The molecule has 0 fully saturated rings. The molecule has 0 aliphatic carbocycles. The lowest BCUT2D eigenvalue weighted by Crippen LogP contribution is -2.11. The fourth-order valence-corrected chi connectivity index (χ4v) is 2.57. The molecule has 132 valence electrons. The van der Waals surface area contributed by atoms with Gasteiger partial charge in [-0.1, -0.05) is 90.1 Å². The Hall–Kier alpha value is -2.35. The van der Waals surface area contributed by atoms with E-state index in [1.807, 2.05) is 48.5 Å². The first-order valence-corrected chi connectivity index (χ1v) is 8.65. The minimum atomic E-state index is -0.196. The first kappa shape index (κ1) is 19.0. The van der Waals surface area contributed by atoms with E-state index in [1.54, 1.807) is 0 Å². The highest BCUT2D eigenvalue weighted by atomic mass is 16.3. The predicted octanol–water partition coefficient (Wildman–Crippen LogP) is 6.06. The molecule has 25 heavy (non-hydrogen) atoms. The predicted molar refractivity (Wildman–Crippen MR) is 105 cm³/mol. The molecule has 0 radical (unpaired) electrons. The second-order valence-electron chi connectivity index (χ2n) is 8.55. The van der Waals surface area contributed by atoms with Crippen molar-refractivity contribution >= 4 is 11.5 Å². The van der Waals surface area contributed by atoms with Crippen LogP contribution in [0.4, 0.5) is 0 Å². The summed E-state index contributed by atoms with van der Waals surface area (Å²) in [6.07, 6.45) is 1.29. The third-order valence-electron chi connectivity index (χ3n) is 4.35. The van der Waals surface area contributed by atoms with Gasteiger partial charge in [-0.3, -0.25) is 4.79 Å². The number of ketones is 1. The summed E-state index contributed by atoms with van der Waals surface area (Å²) in [5.74, 6) is -0.205. The Kier molecular flexibility index (Phi) is 5.22. The zero-order chi connectivity index (χ0) is 18.8. The standard InChI is InChI=1S/C23H28O2/c1-22(2,3)18-11-7-16(8-12-18)20(24)15-21(25)17-9-13-19(14-10-17)23(4,5)6/h7-15,24H,1-6H3/b20-15-. The Morgan fingerprint density at radius 1 is 0.720 bits per heavy atom. The van der Waals surface area contributed by atoms with E-state index < -0.39 is 0 Å². The van der Waals surface area contributed by atoms with E-state index in [1.165, 1.54) is 17.2 Å². The molecule has 2 aromatic carbocycles. The molecule has 0 saturated heterocycles. The third-order valence-corrected chi connectivity index (χ3v) is 4.35. The summed E-state index contributed by atoms with van der Waals surface area (Å²) in [5, 5.41) is 10.3. The second-order valence-corrected chi connectivity index (χ2v) is 8.55. The topological polar surface area (TPSA) is 37.3 Å². The largest absolute Gasteiger partial charge is 0.507 e. The van der Waals surface area contributed by atoms with Crippen LogP contribution in [0.25, 0.3) is 5.76 Å². The molecular formula is C23H28O2. The van der Waals surface area contributed by atoms with Crippen LogP contribution in [0.15, 0.2) is 54.6 Å². The third kappa shape index (κ3) is 4.82. The van der Waals surface area contributed by atoms with Gasteiger partial charge >= 0.3 is 0 Å². The molecule has 0 unspecified atom stereocenters. The maximum absolute atomic E-state index is 12.4. The van der Waals surface area contributed by atoms with E-state index in [4.69, 9.17) is 0 Å². The number of allylic oxidation sites excluding steroid dienone is 1. The highest BCUT2D eigenvalue weighted by Crippen LogP contribution is 2.25. The van der Waals surface area contributed by atoms with Crippen molar-refractivity contribution in [3.05, 3.63) is 76.9 Å². The van der Waals surface area contributed by atoms with Crippen LogP contribution in [0.1, 0.15) is 68.6 Å². The average Bonchev–Trinajstić information content (AvgIpc) is 2.53. The molecule has 0 amide bonds. The number of carbonyl (C=O) groups is 1. The van der Waals surface area contributed by atoms with Crippen molar-refractivity contribution in [2.75, 3.05) is 0 Å². The lowest BCUT2D eigenvalue weighted by molar-refractivity contribution is 0.104. The molecule has 2 rings (SSSR count). The molecule has 0 aromatic heterocycles. The number of aliphatic hydroxyl groups is 1. The minimum absolute atomic E-state index is 0.00893. The van der Waals surface area contributed by atoms with E-state index >= 15 is 0 Å². The lowest BCUT2D eigenvalue weighted by Gasteiger charge is -2.19. The van der Waals surface area contributed by atoms with Gasteiger partial charge in [-0.15, -0.1) is 0 Å². The SMILES string of the molecule is CC(C)(C)c1ccc(C(=O)/C=C(\O)c2ccc(C(C)(C)C)cc2)cc1. The fourth-order valence-electron chi connectivity index (χ4n) is 2.57. The number of rotatable bonds is 3. The summed E-state index contributed by atoms with van der Waals surface area (Å²) in [5.41, 5.74) is 3.69. The molecule has 0 saturated carbocycles. The Balaban J connectivity index is 2.20. The van der Waals surface area contributed by atoms with Crippen LogP contribution in [0.2, 0.25) is 0 Å². The van der Waals surface area contributed by atoms with Crippen molar-refractivity contribution in [1.82, 2.24) is 0 Å². The zero-order valence-corrected chi connectivity index (χ0v) is 16.1. The van der Waals surface area contributed by atoms with E-state index in [0.717, 1.165) is 0 Å². The Morgan fingerprint density at radius 3 is 1.44 bits per heavy atom. The summed E-state index contributed by atoms with van der Waals surface area (Å²) in [4.78, 5) is 12.4. The molecule has 2 nitrogen and oxygen atoms in total. The van der Waals surface area contributed by atoms with Crippen LogP contribution in [-0.4, -0.2) is 10.9 Å². The van der Waals surface area contributed by atoms with Crippen molar-refractivity contribution in [3.63, 3.8) is 0 Å². The summed E-state index contributed by atoms with van der Waals surface area (Å²) in [7, 11) is 0. The summed E-state index contributed by atoms with van der Waals surface area (Å²) >= 11 is 0. The molecule has 0 spiro atoms. The van der Waals surface area contributed by atoms with Gasteiger partial charge < -0.3 is 5.11 Å². The van der Waals surface area contributed by atoms with Crippen LogP contribution in [-0.2, 0) is 10.8 Å². The summed E-state index contributed by atoms with van der Waals surface area (Å²) in [6, 6.07) is 15.2. The maximum Gasteiger partial charge on any atom is 0.189 e. The quantitative estimate of drug-likeness (QED) is 0.420. The van der Waals surface area contributed by atoms with Gasteiger partial charge in [0.05, 0.1) is 0 Å². The molecule has 1 N–H and O–H groups in total. The van der Waals surface area contributed by atoms with Crippen LogP contribution in [0.3, 0.4) is 0 Å². The average molecular weight is 336 g/mol. The molecule has 0 aliphatic rings. The Labute approximate surface area is 151 Å². The van der Waals surface area contributed by atoms with Gasteiger partial charge in [-0.2, -0.15) is 0 Å². The van der Waals surface area contributed by atoms with Gasteiger partial charge in [-0.05, 0) is 22.0 Å². The van der Waals surface area contributed by atoms with Crippen LogP contribution in [0.5, 0.6) is 0 Å². The van der Waals surface area contributed by atoms with Gasteiger partial charge in [0.25, 0.3) is 0 Å². The van der Waals surface area contributed by atoms with Crippen molar-refractivity contribution in [1.29, 1.82) is 0 Å². The highest BCUT2D eigenvalue weighted by Gasteiger charge is 2.15. The zero-order valence-electron chi connectivity index (χ0n) is 16.1. The van der Waals surface area contributed by atoms with Crippen molar-refractivity contribution in [2.45, 2.75) is 52.4 Å². The minimum Gasteiger partial charge on any atom is -0.507 e. The number of hydrogen-bond acceptors (Lipinski definition) is 2. The summed E-state index contributed by atoms with van der Waals surface area (Å²) in [6.45, 7) is 12.8. The molecule has 2 aromatic rings. The maximum atomic E-state index is 12.4. The molecular weight excluding hydrogens is 308 g/mol. The van der Waals surface area contributed by atoms with Gasteiger partial charge in [0.2, 0.25) is 0 Å². The van der Waals surface area contributed by atoms with Crippen molar-refractivity contribution < 1.29 is 9.90 Å². The van der Waals surface area contributed by atoms with Gasteiger partial charge in [0.1, 0.15) is 5.76 Å². The first-order chi connectivity index (χ1) is 11.5. The highest BCUT2D eigenvalue weighted by molar-refractivity contribution is 6.07. The molecule has 0 bridgehead atoms. The molecule has 0 atom stereocenters. The van der Waals surface area contributed by atoms with Gasteiger partial charge in [0.15, 0.2) is 5.78 Å². The number of carbonyl (C=O) groups excluding carboxylic acids is 1. The Bertz CT molecular complexity index is 765. The Morgan fingerprint density at radius 2 is 1.08 bits per heavy atom. The van der Waals surface area contributed by atoms with Crippen molar-refractivity contribution in [3.8, 4) is 0 Å². The van der Waals surface area contributed by atoms with Crippen LogP contribution < -0.4 is 0 Å². The van der Waals surface area contributed by atoms with Crippen LogP contribution >= 0.6 is 0 Å². The number of hydrogen-bond donors (Lipinski definition) is 1. The van der Waals surface area contributed by atoms with E-state index in [0.29, 0.717) is 11.1 Å². The summed E-state index contributed by atoms with van der Waals surface area (Å²) < 4.78 is 0. The first-order valence-electron chi connectivity index (χ1n) is 8.65. The van der Waals surface area contributed by atoms with Crippen LogP contribution in [0, 0.1) is 0 Å². The smallest absolute Gasteiger partial charge is 0.189 e. The van der Waals surface area contributed by atoms with E-state index in [-0.39, 0.29) is 22.4 Å². The van der Waals surface area contributed by atoms with Gasteiger partial charge in [-0.25, -0.2) is 0 Å². The molecule has 2 heteroatoms. The normalized spacial score (nSPS) is 13.0. The fraction of sp³-hybridized carbons (Fsp3) is 0.348. The van der Waals surface area contributed by atoms with Crippen molar-refractivity contribution in [2.24, 2.45) is 0 Å². The van der Waals surface area contributed by atoms with E-state index in [9.17, 15) is 9.90 Å². The lowest BCUT2D eigenvalue weighted by atomic mass is 9.86. The van der Waals surface area contributed by atoms with E-state index in [2.05, 4.69) is 41.5 Å². The second kappa shape index (κ2) is 6.87. The number of benzene rings is 2.